The van der Waals surface area contributed by atoms with Crippen LogP contribution in [0.15, 0.2) is 64.2 Å². The van der Waals surface area contributed by atoms with Crippen molar-refractivity contribution in [2.45, 2.75) is 37.0 Å². The molecule has 0 spiro atoms. The average molecular weight is 439 g/mol. The Morgan fingerprint density at radius 1 is 1.19 bits per heavy atom. The molecule has 1 amide bonds. The van der Waals surface area contributed by atoms with Crippen molar-refractivity contribution in [2.75, 3.05) is 6.54 Å². The third-order valence-corrected chi connectivity index (χ3v) is 6.03. The summed E-state index contributed by atoms with van der Waals surface area (Å²) in [7, 11) is 0. The smallest absolute Gasteiger partial charge is 0.287 e. The van der Waals surface area contributed by atoms with Crippen molar-refractivity contribution in [2.24, 2.45) is 0 Å². The molecule has 8 heteroatoms. The molecule has 2 aromatic carbocycles. The van der Waals surface area contributed by atoms with Gasteiger partial charge in [0.25, 0.3) is 5.91 Å². The highest BCUT2D eigenvalue weighted by Gasteiger charge is 2.21. The first-order chi connectivity index (χ1) is 15.0. The summed E-state index contributed by atoms with van der Waals surface area (Å²) in [6, 6.07) is 14.4. The number of carbonyl (C=O) groups excluding carboxylic acids is 1. The zero-order valence-corrected chi connectivity index (χ0v) is 18.2. The molecule has 6 nitrogen and oxygen atoms in total. The maximum absolute atomic E-state index is 14.0. The molecule has 4 rings (SSSR count). The second kappa shape index (κ2) is 9.34. The molecule has 2 aromatic heterocycles. The molecule has 0 unspecified atom stereocenters. The Morgan fingerprint density at radius 2 is 1.97 bits per heavy atom. The summed E-state index contributed by atoms with van der Waals surface area (Å²) in [5.41, 5.74) is 1.39. The molecule has 0 radical (unpaired) electrons. The molecule has 4 aromatic rings. The van der Waals surface area contributed by atoms with E-state index in [1.54, 1.807) is 24.5 Å². The Labute approximate surface area is 183 Å². The van der Waals surface area contributed by atoms with Gasteiger partial charge in [0.2, 0.25) is 0 Å². The monoisotopic (exact) mass is 438 g/mol. The number of hydrogen-bond acceptors (Lipinski definition) is 5. The van der Waals surface area contributed by atoms with Crippen molar-refractivity contribution in [1.29, 1.82) is 0 Å². The Kier molecular flexibility index (Phi) is 6.36. The number of para-hydroxylation sites is 1. The van der Waals surface area contributed by atoms with Gasteiger partial charge in [-0.05, 0) is 32.0 Å². The van der Waals surface area contributed by atoms with E-state index in [-0.39, 0.29) is 23.5 Å². The quantitative estimate of drug-likeness (QED) is 0.392. The van der Waals surface area contributed by atoms with Crippen LogP contribution in [0.4, 0.5) is 4.39 Å². The number of hydrogen-bond donors (Lipinski definition) is 1. The van der Waals surface area contributed by atoms with Gasteiger partial charge in [0.05, 0.1) is 0 Å². The first-order valence-corrected chi connectivity index (χ1v) is 11.1. The fourth-order valence-corrected chi connectivity index (χ4v) is 4.35. The van der Waals surface area contributed by atoms with E-state index in [4.69, 9.17) is 4.42 Å². The minimum Gasteiger partial charge on any atom is -0.451 e. The summed E-state index contributed by atoms with van der Waals surface area (Å²) < 4.78 is 21.9. The number of amides is 1. The van der Waals surface area contributed by atoms with E-state index in [2.05, 4.69) is 29.4 Å². The molecule has 0 saturated carbocycles. The van der Waals surface area contributed by atoms with Crippen molar-refractivity contribution in [3.05, 3.63) is 77.8 Å². The Bertz CT molecular complexity index is 1200. The van der Waals surface area contributed by atoms with Crippen LogP contribution in [0.25, 0.3) is 11.0 Å². The summed E-state index contributed by atoms with van der Waals surface area (Å²) in [6.07, 6.45) is 2.25. The zero-order valence-electron chi connectivity index (χ0n) is 17.3. The molecule has 160 valence electrons. The van der Waals surface area contributed by atoms with Gasteiger partial charge in [-0.3, -0.25) is 4.79 Å². The molecule has 0 aliphatic heterocycles. The zero-order chi connectivity index (χ0) is 21.8. The maximum atomic E-state index is 14.0. The Morgan fingerprint density at radius 3 is 2.77 bits per heavy atom. The van der Waals surface area contributed by atoms with Crippen LogP contribution in [0, 0.1) is 5.82 Å². The topological polar surface area (TPSA) is 73.0 Å². The van der Waals surface area contributed by atoms with E-state index >= 15 is 0 Å². The Balaban J connectivity index is 1.51. The van der Waals surface area contributed by atoms with Gasteiger partial charge >= 0.3 is 0 Å². The highest BCUT2D eigenvalue weighted by atomic mass is 32.2. The van der Waals surface area contributed by atoms with E-state index in [1.807, 2.05) is 28.8 Å². The van der Waals surface area contributed by atoms with Crippen LogP contribution in [0.1, 0.15) is 41.8 Å². The van der Waals surface area contributed by atoms with E-state index in [9.17, 15) is 9.18 Å². The van der Waals surface area contributed by atoms with Crippen molar-refractivity contribution >= 4 is 28.6 Å². The first kappa shape index (κ1) is 21.1. The van der Waals surface area contributed by atoms with Crippen LogP contribution in [-0.2, 0) is 12.2 Å². The van der Waals surface area contributed by atoms with E-state index < -0.39 is 0 Å². The van der Waals surface area contributed by atoms with Gasteiger partial charge in [0.1, 0.15) is 23.6 Å². The summed E-state index contributed by atoms with van der Waals surface area (Å²) in [4.78, 5) is 13.5. The molecule has 0 aliphatic carbocycles. The molecular formula is C23H23FN4O2S. The second-order valence-electron chi connectivity index (χ2n) is 7.38. The normalized spacial score (nSPS) is 11.4. The number of benzene rings is 2. The van der Waals surface area contributed by atoms with Crippen molar-refractivity contribution < 1.29 is 13.6 Å². The van der Waals surface area contributed by atoms with Gasteiger partial charge in [0, 0.05) is 40.6 Å². The molecule has 0 atom stereocenters. The minimum atomic E-state index is -0.295. The molecule has 2 heterocycles. The van der Waals surface area contributed by atoms with E-state index in [0.717, 1.165) is 16.8 Å². The summed E-state index contributed by atoms with van der Waals surface area (Å²) in [6.45, 7) is 4.51. The number of carbonyl (C=O) groups is 1. The van der Waals surface area contributed by atoms with Gasteiger partial charge in [0.15, 0.2) is 5.76 Å². The number of aromatic nitrogens is 3. The molecule has 0 saturated heterocycles. The SMILES string of the molecule is CC(C)n1cnnc1CCNC(=O)c1oc2ccccc2c1CSc1ccccc1F. The van der Waals surface area contributed by atoms with Crippen LogP contribution in [0.2, 0.25) is 0 Å². The second-order valence-corrected chi connectivity index (χ2v) is 8.40. The van der Waals surface area contributed by atoms with Gasteiger partial charge in [-0.1, -0.05) is 30.3 Å². The van der Waals surface area contributed by atoms with Crippen molar-refractivity contribution in [3.63, 3.8) is 0 Å². The Hall–Kier alpha value is -3.13. The van der Waals surface area contributed by atoms with Crippen LogP contribution in [0.5, 0.6) is 0 Å². The van der Waals surface area contributed by atoms with Gasteiger partial charge < -0.3 is 14.3 Å². The largest absolute Gasteiger partial charge is 0.451 e. The van der Waals surface area contributed by atoms with E-state index in [1.165, 1.54) is 17.8 Å². The van der Waals surface area contributed by atoms with Crippen LogP contribution >= 0.6 is 11.8 Å². The molecule has 31 heavy (non-hydrogen) atoms. The fourth-order valence-electron chi connectivity index (χ4n) is 3.38. The van der Waals surface area contributed by atoms with Crippen molar-refractivity contribution in [3.8, 4) is 0 Å². The van der Waals surface area contributed by atoms with Crippen molar-refractivity contribution in [1.82, 2.24) is 20.1 Å². The van der Waals surface area contributed by atoms with Gasteiger partial charge in [-0.25, -0.2) is 4.39 Å². The highest BCUT2D eigenvalue weighted by molar-refractivity contribution is 7.98. The minimum absolute atomic E-state index is 0.248. The number of rotatable bonds is 8. The standard InChI is InChI=1S/C23H23FN4O2S/c1-15(2)28-14-26-27-21(28)11-12-25-23(29)22-17(16-7-3-5-9-19(16)30-22)13-31-20-10-6-4-8-18(20)24/h3-10,14-15H,11-13H2,1-2H3,(H,25,29). The number of fused-ring (bicyclic) bond motifs is 1. The average Bonchev–Trinajstić information content (AvgIpc) is 3.38. The van der Waals surface area contributed by atoms with E-state index in [0.29, 0.717) is 29.2 Å². The molecular weight excluding hydrogens is 415 g/mol. The third kappa shape index (κ3) is 4.64. The first-order valence-electron chi connectivity index (χ1n) is 10.1. The summed E-state index contributed by atoms with van der Waals surface area (Å²) >= 11 is 1.34. The summed E-state index contributed by atoms with van der Waals surface area (Å²) in [5, 5.41) is 11.9. The third-order valence-electron chi connectivity index (χ3n) is 4.95. The number of nitrogens with one attached hydrogen (secondary N) is 1. The lowest BCUT2D eigenvalue weighted by Crippen LogP contribution is -2.27. The lowest BCUT2D eigenvalue weighted by atomic mass is 10.1. The van der Waals surface area contributed by atoms with Crippen LogP contribution < -0.4 is 5.32 Å². The lowest BCUT2D eigenvalue weighted by molar-refractivity contribution is 0.0927. The molecule has 0 bridgehead atoms. The molecule has 1 N–H and O–H groups in total. The number of thioether (sulfide) groups is 1. The predicted molar refractivity (Wildman–Crippen MR) is 119 cm³/mol. The maximum Gasteiger partial charge on any atom is 0.287 e. The number of furan rings is 1. The molecule has 0 fully saturated rings. The van der Waals surface area contributed by atoms with Crippen LogP contribution in [-0.4, -0.2) is 27.2 Å². The van der Waals surface area contributed by atoms with Gasteiger partial charge in [-0.2, -0.15) is 0 Å². The lowest BCUT2D eigenvalue weighted by Gasteiger charge is -2.10. The number of halogens is 1. The fraction of sp³-hybridized carbons (Fsp3) is 0.261. The predicted octanol–water partition coefficient (Wildman–Crippen LogP) is 5.01. The van der Waals surface area contributed by atoms with Gasteiger partial charge in [-0.15, -0.1) is 22.0 Å². The highest BCUT2D eigenvalue weighted by Crippen LogP contribution is 2.33. The molecule has 0 aliphatic rings. The number of nitrogens with zero attached hydrogens (tertiary/aromatic N) is 3. The van der Waals surface area contributed by atoms with Crippen LogP contribution in [0.3, 0.4) is 0 Å². The summed E-state index contributed by atoms with van der Waals surface area (Å²) in [5.74, 6) is 0.921.